The molecule has 3 unspecified atom stereocenters. The number of aryl methyl sites for hydroxylation is 2. The van der Waals surface area contributed by atoms with Crippen LogP contribution in [0.1, 0.15) is 78.6 Å². The van der Waals surface area contributed by atoms with E-state index in [-0.39, 0.29) is 54.7 Å². The van der Waals surface area contributed by atoms with E-state index in [4.69, 9.17) is 28.8 Å². The summed E-state index contributed by atoms with van der Waals surface area (Å²) >= 11 is 5.96. The molecule has 0 aliphatic heterocycles. The molecule has 0 heterocycles. The van der Waals surface area contributed by atoms with Crippen LogP contribution >= 0.6 is 33.2 Å². The topological polar surface area (TPSA) is 356 Å². The molecule has 15 N–H and O–H groups in total. The van der Waals surface area contributed by atoms with Crippen LogP contribution < -0.4 is 54.4 Å². The number of nitrogens with one attached hydrogen (secondary N) is 7. The second-order valence-electron chi connectivity index (χ2n) is 17.6. The number of rotatable bonds is 29. The highest BCUT2D eigenvalue weighted by Gasteiger charge is 2.29. The van der Waals surface area contributed by atoms with Gasteiger partial charge >= 0.3 is 0 Å². The van der Waals surface area contributed by atoms with Crippen molar-refractivity contribution in [2.45, 2.75) is 96.3 Å². The molecular formula is C54H73ClN10O11S2. The van der Waals surface area contributed by atoms with Gasteiger partial charge in [-0.25, -0.2) is 0 Å². The van der Waals surface area contributed by atoms with E-state index < -0.39 is 85.2 Å². The zero-order valence-corrected chi connectivity index (χ0v) is 46.6. The molecule has 4 rings (SSSR count). The number of benzene rings is 4. The first-order chi connectivity index (χ1) is 37.2. The number of halogens is 1. The summed E-state index contributed by atoms with van der Waals surface area (Å²) in [7, 11) is 2.72. The van der Waals surface area contributed by atoms with E-state index in [1.807, 2.05) is 25.3 Å². The van der Waals surface area contributed by atoms with Gasteiger partial charge in [0.25, 0.3) is 0 Å². The van der Waals surface area contributed by atoms with Crippen molar-refractivity contribution in [3.05, 3.63) is 130 Å². The van der Waals surface area contributed by atoms with Crippen molar-refractivity contribution in [1.29, 1.82) is 0 Å². The fraction of sp³-hybridized carbons (Fsp3) is 0.389. The van der Waals surface area contributed by atoms with Gasteiger partial charge in [-0.3, -0.25) is 43.2 Å². The van der Waals surface area contributed by atoms with Crippen molar-refractivity contribution < 1.29 is 53.4 Å². The van der Waals surface area contributed by atoms with Crippen LogP contribution in [0, 0.1) is 6.92 Å². The monoisotopic (exact) mass is 1140 g/mol. The Morgan fingerprint density at radius 1 is 0.564 bits per heavy atom. The molecule has 24 heteroatoms. The number of hydrogen-bond donors (Lipinski definition) is 12. The number of primary amides is 2. The number of carbonyl (C=O) groups excluding carboxylic acids is 9. The molecule has 0 aliphatic rings. The van der Waals surface area contributed by atoms with E-state index in [0.29, 0.717) is 47.5 Å². The first-order valence-corrected chi connectivity index (χ1v) is 28.1. The first-order valence-electron chi connectivity index (χ1n) is 25.0. The Labute approximate surface area is 467 Å². The molecule has 21 nitrogen and oxygen atoms in total. The van der Waals surface area contributed by atoms with Crippen LogP contribution in [-0.4, -0.2) is 126 Å². The average molecular weight is 1140 g/mol. The zero-order valence-electron chi connectivity index (χ0n) is 44.2. The second kappa shape index (κ2) is 37.4. The maximum Gasteiger partial charge on any atom is 0.248 e. The van der Waals surface area contributed by atoms with Crippen molar-refractivity contribution in [3.8, 4) is 11.5 Å². The highest BCUT2D eigenvalue weighted by Crippen LogP contribution is 2.19. The predicted octanol–water partition coefficient (Wildman–Crippen LogP) is 2.59. The van der Waals surface area contributed by atoms with E-state index in [1.165, 1.54) is 52.3 Å². The van der Waals surface area contributed by atoms with Gasteiger partial charge in [-0.05, 0) is 111 Å². The molecule has 0 radical (unpaired) electrons. The van der Waals surface area contributed by atoms with Gasteiger partial charge in [-0.1, -0.05) is 108 Å². The summed E-state index contributed by atoms with van der Waals surface area (Å²) < 4.78 is 0. The molecule has 0 spiro atoms. The largest absolute Gasteiger partial charge is 0.508 e. The second-order valence-corrected chi connectivity index (χ2v) is 20.6. The molecule has 0 saturated carbocycles. The Hall–Kier alpha value is -7.34. The molecule has 0 fully saturated rings. The number of carbonyl (C=O) groups is 9. The van der Waals surface area contributed by atoms with Gasteiger partial charge in [0.1, 0.15) is 35.7 Å². The Morgan fingerprint density at radius 2 is 1.04 bits per heavy atom. The lowest BCUT2D eigenvalue weighted by molar-refractivity contribution is -0.133. The lowest BCUT2D eigenvalue weighted by Crippen LogP contribution is -2.56. The lowest BCUT2D eigenvalue weighted by Gasteiger charge is -2.23. The lowest BCUT2D eigenvalue weighted by atomic mass is 10.0. The molecule has 4 aromatic carbocycles. The average Bonchev–Trinajstić information content (AvgIpc) is 3.41. The third-order valence-corrected chi connectivity index (χ3v) is 12.9. The quantitative estimate of drug-likeness (QED) is 0.0275. The highest BCUT2D eigenvalue weighted by molar-refractivity contribution is 8.76. The molecule has 0 saturated heterocycles. The maximum absolute atomic E-state index is 13.7. The van der Waals surface area contributed by atoms with Crippen molar-refractivity contribution in [2.24, 2.45) is 17.2 Å². The summed E-state index contributed by atoms with van der Waals surface area (Å²) in [6.45, 7) is 4.80. The van der Waals surface area contributed by atoms with Gasteiger partial charge in [0, 0.05) is 35.6 Å². The van der Waals surface area contributed by atoms with Gasteiger partial charge in [0.05, 0.1) is 19.6 Å². The number of nitrogens with two attached hydrogens (primary N) is 3. The van der Waals surface area contributed by atoms with Crippen LogP contribution in [0.2, 0.25) is 5.02 Å². The molecule has 78 heavy (non-hydrogen) atoms. The summed E-state index contributed by atoms with van der Waals surface area (Å²) in [6, 6.07) is 21.6. The van der Waals surface area contributed by atoms with Crippen LogP contribution in [-0.2, 0) is 57.6 Å². The van der Waals surface area contributed by atoms with Crippen LogP contribution in [0.4, 0.5) is 0 Å². The van der Waals surface area contributed by atoms with Gasteiger partial charge in [-0.2, -0.15) is 0 Å². The fourth-order valence-electron chi connectivity index (χ4n) is 6.73. The molecule has 424 valence electrons. The van der Waals surface area contributed by atoms with Crippen molar-refractivity contribution in [1.82, 2.24) is 37.2 Å². The third kappa shape index (κ3) is 28.2. The van der Waals surface area contributed by atoms with E-state index in [1.54, 1.807) is 60.7 Å². The Kier molecular flexibility index (Phi) is 32.0. The van der Waals surface area contributed by atoms with Gasteiger partial charge < -0.3 is 64.6 Å². The number of aromatic hydroxyl groups is 2. The predicted molar refractivity (Wildman–Crippen MR) is 304 cm³/mol. The van der Waals surface area contributed by atoms with Gasteiger partial charge in [0.15, 0.2) is 0 Å². The van der Waals surface area contributed by atoms with Crippen LogP contribution in [0.25, 0.3) is 0 Å². The minimum atomic E-state index is -1.24. The molecule has 0 aromatic heterocycles. The van der Waals surface area contributed by atoms with E-state index >= 15 is 0 Å². The normalized spacial score (nSPS) is 11.9. The molecule has 9 amide bonds. The molecule has 0 bridgehead atoms. The van der Waals surface area contributed by atoms with E-state index in [9.17, 15) is 53.4 Å². The third-order valence-electron chi connectivity index (χ3n) is 10.8. The summed E-state index contributed by atoms with van der Waals surface area (Å²) in [6.07, 6.45) is 4.61. The van der Waals surface area contributed by atoms with Crippen molar-refractivity contribution in [3.63, 3.8) is 0 Å². The van der Waals surface area contributed by atoms with E-state index in [0.717, 1.165) is 11.1 Å². The van der Waals surface area contributed by atoms with Crippen LogP contribution in [0.15, 0.2) is 97.1 Å². The highest BCUT2D eigenvalue weighted by atomic mass is 35.5. The molecule has 4 atom stereocenters. The SMILES string of the molecule is CCC.CSSCC(NC(=O)CCc1ccc(Cl)cc1)C(=O)N[C@@H](Cc1ccc(O)cc1)C(=O)NCC(=O)NC(CCCCN)C(=O)NCC(=O)NCC(=O)NC(Cc1ccc(O)cc1)C(N)=O.Cc1ccc(C(N)=O)cc1. The molecule has 4 aromatic rings. The Balaban J connectivity index is 0.00000140. The standard InChI is InChI=1S/C43H56ClN9O10S2.C8H9NO.C3H8/c1-64-65-25-35(52-36(56)18-11-26-5-12-29(44)13-6-26)43(63)53-34(21-28-9-16-31(55)17-10-28)42(62)49-24-39(59)50-32(4-2-3-19-45)41(61)48-22-37(57)47-23-38(58)51-33(40(46)60)20-27-7-14-30(54)15-8-27;1-6-2-4-7(5-3-6)8(9)10;1-3-2/h5-10,12-17,32-35,54-55H,2-4,11,18-25,45H2,1H3,(H2,46,60)(H,47,57)(H,48,61)(H,49,62)(H,50,59)(H,51,58)(H,52,56)(H,53,63);2-5H,1H3,(H2,9,10);3H2,1-2H3/t32?,33?,34-,35?;;/m0../s1. The van der Waals surface area contributed by atoms with Gasteiger partial charge in [0.2, 0.25) is 53.2 Å². The van der Waals surface area contributed by atoms with Crippen molar-refractivity contribution in [2.75, 3.05) is 38.2 Å². The van der Waals surface area contributed by atoms with E-state index in [2.05, 4.69) is 51.1 Å². The minimum Gasteiger partial charge on any atom is -0.508 e. The number of phenolic OH excluding ortho intramolecular Hbond substituents is 2. The zero-order chi connectivity index (χ0) is 58.0. The van der Waals surface area contributed by atoms with Gasteiger partial charge in [-0.15, -0.1) is 0 Å². The first kappa shape index (κ1) is 66.8. The molecular weight excluding hydrogens is 1060 g/mol. The number of amides is 9. The van der Waals surface area contributed by atoms with Crippen molar-refractivity contribution >= 4 is 86.4 Å². The molecule has 0 aliphatic carbocycles. The Bertz CT molecular complexity index is 2540. The summed E-state index contributed by atoms with van der Waals surface area (Å²) in [4.78, 5) is 114. The van der Waals surface area contributed by atoms with Crippen LogP contribution in [0.5, 0.6) is 11.5 Å². The van der Waals surface area contributed by atoms with Crippen LogP contribution in [0.3, 0.4) is 0 Å². The Morgan fingerprint density at radius 3 is 1.55 bits per heavy atom. The maximum atomic E-state index is 13.7. The number of hydrogen-bond acceptors (Lipinski definition) is 14. The summed E-state index contributed by atoms with van der Waals surface area (Å²) in [5, 5.41) is 37.5. The minimum absolute atomic E-state index is 0.0157. The number of phenols is 2. The summed E-state index contributed by atoms with van der Waals surface area (Å²) in [5.74, 6) is -5.76. The number of unbranched alkanes of at least 4 members (excludes halogenated alkanes) is 1. The fourth-order valence-corrected chi connectivity index (χ4v) is 8.18. The smallest absolute Gasteiger partial charge is 0.248 e. The summed E-state index contributed by atoms with van der Waals surface area (Å²) in [5.41, 5.74) is 19.8.